The zero-order valence-electron chi connectivity index (χ0n) is 11.8. The summed E-state index contributed by atoms with van der Waals surface area (Å²) in [6, 6.07) is 6.52. The van der Waals surface area contributed by atoms with Crippen LogP contribution in [0.25, 0.3) is 0 Å². The standard InChI is InChI=1S/C15H22N4O/c20-15-7-3-10-19(15)11-9-17-14-6-1-4-13(18-14)12-5-2-8-16-12/h1,4,6,12,16H,2-3,5,7-11H2,(H,17,18)/t12-/m0/s1. The first-order valence-corrected chi connectivity index (χ1v) is 7.55. The van der Waals surface area contributed by atoms with E-state index in [0.29, 0.717) is 12.5 Å². The van der Waals surface area contributed by atoms with Crippen molar-refractivity contribution in [3.8, 4) is 0 Å². The number of hydrogen-bond acceptors (Lipinski definition) is 4. The SMILES string of the molecule is O=C1CCCN1CCNc1cccc([C@@H]2CCCN2)n1. The van der Waals surface area contributed by atoms with E-state index in [1.54, 1.807) is 0 Å². The summed E-state index contributed by atoms with van der Waals surface area (Å²) in [6.07, 6.45) is 4.10. The van der Waals surface area contributed by atoms with Crippen LogP contribution >= 0.6 is 0 Å². The lowest BCUT2D eigenvalue weighted by molar-refractivity contribution is -0.127. The molecule has 0 spiro atoms. The molecule has 0 aromatic carbocycles. The number of aromatic nitrogens is 1. The van der Waals surface area contributed by atoms with Gasteiger partial charge in [-0.2, -0.15) is 0 Å². The van der Waals surface area contributed by atoms with Gasteiger partial charge in [0.1, 0.15) is 5.82 Å². The van der Waals surface area contributed by atoms with Crippen LogP contribution < -0.4 is 10.6 Å². The highest BCUT2D eigenvalue weighted by Crippen LogP contribution is 2.22. The second-order valence-electron chi connectivity index (χ2n) is 5.51. The molecule has 2 aliphatic rings. The van der Waals surface area contributed by atoms with Gasteiger partial charge in [0.15, 0.2) is 0 Å². The summed E-state index contributed by atoms with van der Waals surface area (Å²) in [5.74, 6) is 1.19. The zero-order valence-corrected chi connectivity index (χ0v) is 11.8. The van der Waals surface area contributed by atoms with Crippen molar-refractivity contribution in [2.45, 2.75) is 31.7 Å². The molecular formula is C15H22N4O. The molecule has 2 fully saturated rings. The highest BCUT2D eigenvalue weighted by atomic mass is 16.2. The van der Waals surface area contributed by atoms with Crippen LogP contribution in [0.15, 0.2) is 18.2 Å². The van der Waals surface area contributed by atoms with Crippen molar-refractivity contribution in [2.24, 2.45) is 0 Å². The van der Waals surface area contributed by atoms with Crippen molar-refractivity contribution in [3.05, 3.63) is 23.9 Å². The first-order chi connectivity index (χ1) is 9.83. The second-order valence-corrected chi connectivity index (χ2v) is 5.51. The van der Waals surface area contributed by atoms with Gasteiger partial charge in [-0.15, -0.1) is 0 Å². The van der Waals surface area contributed by atoms with Crippen LogP contribution in [-0.4, -0.2) is 42.0 Å². The predicted octanol–water partition coefficient (Wildman–Crippen LogP) is 1.54. The van der Waals surface area contributed by atoms with E-state index in [-0.39, 0.29) is 5.91 Å². The summed E-state index contributed by atoms with van der Waals surface area (Å²) in [7, 11) is 0. The van der Waals surface area contributed by atoms with E-state index in [4.69, 9.17) is 0 Å². The molecule has 5 heteroatoms. The Balaban J connectivity index is 1.52. The molecule has 0 unspecified atom stereocenters. The number of nitrogens with zero attached hydrogens (tertiary/aromatic N) is 2. The molecule has 108 valence electrons. The predicted molar refractivity (Wildman–Crippen MR) is 78.5 cm³/mol. The van der Waals surface area contributed by atoms with Crippen molar-refractivity contribution in [3.63, 3.8) is 0 Å². The average Bonchev–Trinajstić information content (AvgIpc) is 3.12. The minimum atomic E-state index is 0.281. The third-order valence-electron chi connectivity index (χ3n) is 4.05. The Morgan fingerprint density at radius 2 is 2.35 bits per heavy atom. The lowest BCUT2D eigenvalue weighted by atomic mass is 10.1. The van der Waals surface area contributed by atoms with E-state index in [0.717, 1.165) is 44.1 Å². The van der Waals surface area contributed by atoms with Crippen LogP contribution in [-0.2, 0) is 4.79 Å². The van der Waals surface area contributed by atoms with Gasteiger partial charge in [-0.1, -0.05) is 6.07 Å². The fourth-order valence-corrected chi connectivity index (χ4v) is 2.94. The topological polar surface area (TPSA) is 57.3 Å². The molecule has 1 aromatic rings. The number of amides is 1. The van der Waals surface area contributed by atoms with Crippen molar-refractivity contribution in [2.75, 3.05) is 31.5 Å². The number of carbonyl (C=O) groups is 1. The van der Waals surface area contributed by atoms with E-state index >= 15 is 0 Å². The Morgan fingerprint density at radius 1 is 1.40 bits per heavy atom. The van der Waals surface area contributed by atoms with Gasteiger partial charge in [0.05, 0.1) is 5.69 Å². The smallest absolute Gasteiger partial charge is 0.222 e. The van der Waals surface area contributed by atoms with Crippen molar-refractivity contribution in [1.82, 2.24) is 15.2 Å². The minimum absolute atomic E-state index is 0.281. The average molecular weight is 274 g/mol. The molecule has 1 amide bonds. The maximum absolute atomic E-state index is 11.5. The number of carbonyl (C=O) groups excluding carboxylic acids is 1. The Labute approximate surface area is 119 Å². The number of likely N-dealkylation sites (tertiary alicyclic amines) is 1. The Morgan fingerprint density at radius 3 is 3.10 bits per heavy atom. The van der Waals surface area contributed by atoms with E-state index in [9.17, 15) is 4.79 Å². The quantitative estimate of drug-likeness (QED) is 0.855. The van der Waals surface area contributed by atoms with Crippen molar-refractivity contribution >= 4 is 11.7 Å². The van der Waals surface area contributed by atoms with Gasteiger partial charge >= 0.3 is 0 Å². The van der Waals surface area contributed by atoms with E-state index in [2.05, 4.69) is 21.7 Å². The largest absolute Gasteiger partial charge is 0.368 e. The Bertz CT molecular complexity index is 471. The molecule has 2 saturated heterocycles. The molecule has 3 heterocycles. The number of nitrogens with one attached hydrogen (secondary N) is 2. The molecule has 1 aromatic heterocycles. The molecule has 2 aliphatic heterocycles. The highest BCUT2D eigenvalue weighted by molar-refractivity contribution is 5.78. The van der Waals surface area contributed by atoms with Gasteiger partial charge in [0.25, 0.3) is 0 Å². The third kappa shape index (κ3) is 3.10. The van der Waals surface area contributed by atoms with Gasteiger partial charge < -0.3 is 15.5 Å². The molecule has 1 atom stereocenters. The minimum Gasteiger partial charge on any atom is -0.368 e. The summed E-state index contributed by atoms with van der Waals surface area (Å²) >= 11 is 0. The van der Waals surface area contributed by atoms with E-state index < -0.39 is 0 Å². The van der Waals surface area contributed by atoms with Crippen LogP contribution in [0.2, 0.25) is 0 Å². The van der Waals surface area contributed by atoms with Gasteiger partial charge in [-0.3, -0.25) is 4.79 Å². The van der Waals surface area contributed by atoms with Gasteiger partial charge in [0.2, 0.25) is 5.91 Å². The molecule has 5 nitrogen and oxygen atoms in total. The fraction of sp³-hybridized carbons (Fsp3) is 0.600. The molecule has 0 saturated carbocycles. The monoisotopic (exact) mass is 274 g/mol. The molecule has 20 heavy (non-hydrogen) atoms. The highest BCUT2D eigenvalue weighted by Gasteiger charge is 2.19. The molecule has 0 bridgehead atoms. The van der Waals surface area contributed by atoms with Gasteiger partial charge in [-0.05, 0) is 37.9 Å². The molecule has 3 rings (SSSR count). The Hall–Kier alpha value is -1.62. The van der Waals surface area contributed by atoms with Crippen molar-refractivity contribution < 1.29 is 4.79 Å². The Kier molecular flexibility index (Phi) is 4.16. The number of hydrogen-bond donors (Lipinski definition) is 2. The molecule has 0 radical (unpaired) electrons. The lowest BCUT2D eigenvalue weighted by Crippen LogP contribution is -2.30. The lowest BCUT2D eigenvalue weighted by Gasteiger charge is -2.16. The number of pyridine rings is 1. The summed E-state index contributed by atoms with van der Waals surface area (Å²) in [5.41, 5.74) is 1.12. The summed E-state index contributed by atoms with van der Waals surface area (Å²) in [5, 5.41) is 6.79. The van der Waals surface area contributed by atoms with Crippen LogP contribution in [0, 0.1) is 0 Å². The maximum atomic E-state index is 11.5. The van der Waals surface area contributed by atoms with E-state index in [1.165, 1.54) is 12.8 Å². The number of rotatable bonds is 5. The zero-order chi connectivity index (χ0) is 13.8. The first kappa shape index (κ1) is 13.4. The summed E-state index contributed by atoms with van der Waals surface area (Å²) in [4.78, 5) is 18.1. The summed E-state index contributed by atoms with van der Waals surface area (Å²) in [6.45, 7) is 3.52. The normalized spacial score (nSPS) is 22.5. The molecule has 0 aliphatic carbocycles. The van der Waals surface area contributed by atoms with Gasteiger partial charge in [-0.25, -0.2) is 4.98 Å². The fourth-order valence-electron chi connectivity index (χ4n) is 2.94. The molecule has 2 N–H and O–H groups in total. The van der Waals surface area contributed by atoms with Crippen molar-refractivity contribution in [1.29, 1.82) is 0 Å². The van der Waals surface area contributed by atoms with Crippen LogP contribution in [0.4, 0.5) is 5.82 Å². The van der Waals surface area contributed by atoms with Gasteiger partial charge in [0, 0.05) is 32.1 Å². The summed E-state index contributed by atoms with van der Waals surface area (Å²) < 4.78 is 0. The van der Waals surface area contributed by atoms with Crippen LogP contribution in [0.1, 0.15) is 37.4 Å². The second kappa shape index (κ2) is 6.22. The maximum Gasteiger partial charge on any atom is 0.222 e. The van der Waals surface area contributed by atoms with E-state index in [1.807, 2.05) is 17.0 Å². The van der Waals surface area contributed by atoms with Crippen LogP contribution in [0.3, 0.4) is 0 Å². The molecular weight excluding hydrogens is 252 g/mol. The number of anilines is 1. The first-order valence-electron chi connectivity index (χ1n) is 7.55. The third-order valence-corrected chi connectivity index (χ3v) is 4.05. The van der Waals surface area contributed by atoms with Crippen LogP contribution in [0.5, 0.6) is 0 Å².